The first kappa shape index (κ1) is 25.1. The number of hydrogen-bond donors (Lipinski definition) is 2. The summed E-state index contributed by atoms with van der Waals surface area (Å²) in [6.07, 6.45) is -1.46. The van der Waals surface area contributed by atoms with Crippen molar-refractivity contribution in [3.8, 4) is 17.1 Å². The molecule has 2 aromatic heterocycles. The van der Waals surface area contributed by atoms with Gasteiger partial charge in [0, 0.05) is 22.1 Å². The van der Waals surface area contributed by atoms with Crippen molar-refractivity contribution < 1.29 is 19.7 Å². The van der Waals surface area contributed by atoms with E-state index in [0.717, 1.165) is 16.5 Å². The Morgan fingerprint density at radius 2 is 1.72 bits per heavy atom. The van der Waals surface area contributed by atoms with E-state index in [9.17, 15) is 19.8 Å². The summed E-state index contributed by atoms with van der Waals surface area (Å²) in [7, 11) is 0. The largest absolute Gasteiger partial charge is 0.508 e. The Hall–Kier alpha value is -3.19. The third kappa shape index (κ3) is 4.00. The number of carbonyl (C=O) groups excluding carboxylic acids is 1. The number of aliphatic hydroxyl groups excluding tert-OH is 1. The minimum absolute atomic E-state index is 0.136. The number of aromatic nitrogens is 2. The quantitative estimate of drug-likeness (QED) is 0.387. The molecular weight excluding hydrogens is 408 g/mol. The fourth-order valence-corrected chi connectivity index (χ4v) is 3.73. The smallest absolute Gasteiger partial charge is 0.340 e. The van der Waals surface area contributed by atoms with Crippen LogP contribution in [0, 0.1) is 6.92 Å². The highest BCUT2D eigenvalue weighted by Gasteiger charge is 2.33. The Labute approximate surface area is 188 Å². The van der Waals surface area contributed by atoms with Crippen LogP contribution >= 0.6 is 0 Å². The lowest BCUT2D eigenvalue weighted by atomic mass is 10.00. The van der Waals surface area contributed by atoms with Gasteiger partial charge in [0.25, 0.3) is 5.56 Å². The molecule has 0 fully saturated rings. The number of phenolic OH excluding ortho intramolecular Hbond substituents is 1. The summed E-state index contributed by atoms with van der Waals surface area (Å²) in [6.45, 7) is 14.0. The first-order valence-electron chi connectivity index (χ1n) is 11.2. The molecule has 0 saturated carbocycles. The average molecular weight is 441 g/mol. The van der Waals surface area contributed by atoms with E-state index in [-0.39, 0.29) is 23.5 Å². The van der Waals surface area contributed by atoms with E-state index < -0.39 is 12.1 Å². The summed E-state index contributed by atoms with van der Waals surface area (Å²) >= 11 is 0. The van der Waals surface area contributed by atoms with Gasteiger partial charge < -0.3 is 19.5 Å². The third-order valence-corrected chi connectivity index (χ3v) is 5.20. The van der Waals surface area contributed by atoms with Gasteiger partial charge in [0.05, 0.1) is 29.0 Å². The van der Waals surface area contributed by atoms with Crippen molar-refractivity contribution in [3.05, 3.63) is 56.9 Å². The molecule has 32 heavy (non-hydrogen) atoms. The maximum absolute atomic E-state index is 12.8. The number of benzene rings is 1. The van der Waals surface area contributed by atoms with Crippen LogP contribution in [0.2, 0.25) is 0 Å². The van der Waals surface area contributed by atoms with Crippen LogP contribution in [0.15, 0.2) is 29.1 Å². The zero-order valence-electron chi connectivity index (χ0n) is 19.8. The molecule has 2 aliphatic heterocycles. The van der Waals surface area contributed by atoms with Gasteiger partial charge in [-0.1, -0.05) is 41.5 Å². The second kappa shape index (κ2) is 10.4. The number of phenols is 1. The van der Waals surface area contributed by atoms with Crippen molar-refractivity contribution in [2.45, 2.75) is 67.7 Å². The number of cyclic esters (lactones) is 1. The highest BCUT2D eigenvalue weighted by molar-refractivity contribution is 5.88. The summed E-state index contributed by atoms with van der Waals surface area (Å²) < 4.78 is 6.46. The predicted molar refractivity (Wildman–Crippen MR) is 126 cm³/mol. The summed E-state index contributed by atoms with van der Waals surface area (Å²) in [6, 6.07) is 6.89. The minimum Gasteiger partial charge on any atom is -0.508 e. The molecule has 2 N–H and O–H groups in total. The Balaban J connectivity index is 0.000000561. The molecule has 3 aromatic rings. The Kier molecular flexibility index (Phi) is 8.16. The number of pyridine rings is 2. The van der Waals surface area contributed by atoms with Gasteiger partial charge in [0.1, 0.15) is 12.4 Å². The van der Waals surface area contributed by atoms with Crippen molar-refractivity contribution >= 4 is 16.9 Å². The van der Waals surface area contributed by atoms with Crippen LogP contribution in [0.3, 0.4) is 0 Å². The van der Waals surface area contributed by atoms with Gasteiger partial charge in [0.2, 0.25) is 0 Å². The van der Waals surface area contributed by atoms with Gasteiger partial charge in [-0.15, -0.1) is 0 Å². The molecule has 1 aromatic carbocycles. The molecule has 0 aliphatic carbocycles. The Bertz CT molecular complexity index is 1200. The van der Waals surface area contributed by atoms with Crippen molar-refractivity contribution in [1.82, 2.24) is 9.55 Å². The van der Waals surface area contributed by atoms with Crippen molar-refractivity contribution in [2.75, 3.05) is 0 Å². The number of nitrogens with zero attached hydrogens (tertiary/aromatic N) is 2. The molecule has 2 aliphatic rings. The van der Waals surface area contributed by atoms with E-state index >= 15 is 0 Å². The number of aliphatic hydroxyl groups is 1. The van der Waals surface area contributed by atoms with Gasteiger partial charge in [-0.2, -0.15) is 0 Å². The molecule has 7 nitrogen and oxygen atoms in total. The van der Waals surface area contributed by atoms with Gasteiger partial charge in [-0.3, -0.25) is 4.79 Å². The van der Waals surface area contributed by atoms with E-state index in [1.165, 1.54) is 0 Å². The van der Waals surface area contributed by atoms with Crippen molar-refractivity contribution in [1.29, 1.82) is 0 Å². The number of esters is 1. The normalized spacial score (nSPS) is 14.9. The van der Waals surface area contributed by atoms with E-state index in [2.05, 4.69) is 4.98 Å². The molecule has 0 saturated heterocycles. The van der Waals surface area contributed by atoms with E-state index in [4.69, 9.17) is 4.74 Å². The lowest BCUT2D eigenvalue weighted by Crippen LogP contribution is -2.32. The van der Waals surface area contributed by atoms with E-state index in [1.54, 1.807) is 22.8 Å². The molecule has 4 heterocycles. The van der Waals surface area contributed by atoms with Crippen LogP contribution in [0.5, 0.6) is 5.75 Å². The molecule has 1 atom stereocenters. The van der Waals surface area contributed by atoms with Crippen molar-refractivity contribution in [3.63, 3.8) is 0 Å². The topological polar surface area (TPSA) is 102 Å². The van der Waals surface area contributed by atoms with Crippen LogP contribution in [-0.2, 0) is 22.7 Å². The number of hydrogen-bond acceptors (Lipinski definition) is 6. The zero-order valence-corrected chi connectivity index (χ0v) is 19.8. The number of aryl methyl sites for hydroxylation is 1. The van der Waals surface area contributed by atoms with Gasteiger partial charge >= 0.3 is 5.97 Å². The summed E-state index contributed by atoms with van der Waals surface area (Å²) in [4.78, 5) is 29.1. The SMILES string of the molecule is CC.CC.CC.Cc1c(O)ccc2nc3c(cc12)Cn1c-3cc2c(c1=O)COC(=O)C2O. The monoisotopic (exact) mass is 440 g/mol. The predicted octanol–water partition coefficient (Wildman–Crippen LogP) is 4.61. The van der Waals surface area contributed by atoms with Crippen LogP contribution in [0.25, 0.3) is 22.3 Å². The number of rotatable bonds is 0. The molecule has 0 bridgehead atoms. The number of ether oxygens (including phenoxy) is 1. The highest BCUT2D eigenvalue weighted by atomic mass is 16.5. The minimum atomic E-state index is -1.46. The van der Waals surface area contributed by atoms with Crippen LogP contribution in [0.4, 0.5) is 0 Å². The van der Waals surface area contributed by atoms with Crippen LogP contribution in [-0.4, -0.2) is 25.7 Å². The van der Waals surface area contributed by atoms with Crippen LogP contribution < -0.4 is 5.56 Å². The first-order valence-corrected chi connectivity index (χ1v) is 11.2. The van der Waals surface area contributed by atoms with E-state index in [1.807, 2.05) is 54.5 Å². The zero-order chi connectivity index (χ0) is 24.2. The molecule has 0 radical (unpaired) electrons. The molecule has 172 valence electrons. The number of carbonyl (C=O) groups is 1. The van der Waals surface area contributed by atoms with Gasteiger partial charge in [0.15, 0.2) is 6.10 Å². The maximum atomic E-state index is 12.8. The fraction of sp³-hybridized carbons (Fsp3) is 0.400. The molecule has 5 rings (SSSR count). The maximum Gasteiger partial charge on any atom is 0.340 e. The second-order valence-electron chi connectivity index (χ2n) is 6.64. The Morgan fingerprint density at radius 3 is 2.38 bits per heavy atom. The third-order valence-electron chi connectivity index (χ3n) is 5.20. The van der Waals surface area contributed by atoms with Crippen LogP contribution in [0.1, 0.15) is 69.9 Å². The first-order chi connectivity index (χ1) is 15.5. The Morgan fingerprint density at radius 1 is 1.06 bits per heavy atom. The fourth-order valence-electron chi connectivity index (χ4n) is 3.73. The van der Waals surface area contributed by atoms with Gasteiger partial charge in [-0.05, 0) is 31.2 Å². The summed E-state index contributed by atoms with van der Waals surface area (Å²) in [5, 5.41) is 20.9. The average Bonchev–Trinajstić information content (AvgIpc) is 3.20. The lowest BCUT2D eigenvalue weighted by Gasteiger charge is -2.21. The second-order valence-corrected chi connectivity index (χ2v) is 6.64. The summed E-state index contributed by atoms with van der Waals surface area (Å²) in [5.74, 6) is -0.557. The molecule has 0 amide bonds. The molecule has 7 heteroatoms. The molecule has 1 unspecified atom stereocenters. The lowest BCUT2D eigenvalue weighted by molar-refractivity contribution is -0.157. The molecule has 0 spiro atoms. The van der Waals surface area contributed by atoms with Gasteiger partial charge in [-0.25, -0.2) is 9.78 Å². The molecular formula is C25H32N2O5. The number of fused-ring (bicyclic) bond motifs is 5. The number of aromatic hydroxyl groups is 1. The van der Waals surface area contributed by atoms with Crippen molar-refractivity contribution in [2.24, 2.45) is 0 Å². The van der Waals surface area contributed by atoms with E-state index in [0.29, 0.717) is 29.0 Å². The highest BCUT2D eigenvalue weighted by Crippen LogP contribution is 2.36. The summed E-state index contributed by atoms with van der Waals surface area (Å²) in [5.41, 5.74) is 3.81. The standard InChI is InChI=1S/C19H14N2O5.3C2H6/c1-8-10-4-9-6-21-14(16(9)20-13(10)2-3-15(8)22)5-11-12(18(21)24)7-26-19(25)17(11)23;3*1-2/h2-5,17,22-23H,6-7H2,1H3;3*1-2H3.